The van der Waals surface area contributed by atoms with Crippen LogP contribution in [0.4, 0.5) is 50.5 Å². The van der Waals surface area contributed by atoms with Gasteiger partial charge in [-0.25, -0.2) is 28.4 Å². The molecule has 4 aromatic rings. The van der Waals surface area contributed by atoms with Crippen molar-refractivity contribution in [2.45, 2.75) is 102 Å². The van der Waals surface area contributed by atoms with Gasteiger partial charge in [-0.1, -0.05) is 24.0 Å². The van der Waals surface area contributed by atoms with Crippen molar-refractivity contribution < 1.29 is 73.6 Å². The molecule has 79 heavy (non-hydrogen) atoms. The fourth-order valence-corrected chi connectivity index (χ4v) is 8.75. The van der Waals surface area contributed by atoms with Crippen LogP contribution in [-0.2, 0) is 36.8 Å². The Hall–Kier alpha value is -7.08. The Balaban J connectivity index is 1.18. The summed E-state index contributed by atoms with van der Waals surface area (Å²) in [6, 6.07) is 7.25. The number of ether oxygens (including phenoxy) is 3. The van der Waals surface area contributed by atoms with E-state index >= 15 is 8.78 Å². The van der Waals surface area contributed by atoms with E-state index in [-0.39, 0.29) is 17.3 Å². The van der Waals surface area contributed by atoms with E-state index in [4.69, 9.17) is 4.74 Å². The van der Waals surface area contributed by atoms with Crippen LogP contribution in [0.2, 0.25) is 0 Å². The van der Waals surface area contributed by atoms with Gasteiger partial charge in [0.15, 0.2) is 0 Å². The summed E-state index contributed by atoms with van der Waals surface area (Å²) in [6.45, 7) is 5.23. The van der Waals surface area contributed by atoms with Crippen LogP contribution in [0, 0.1) is 34.3 Å². The maximum absolute atomic E-state index is 16.2. The Bertz CT molecular complexity index is 2840. The summed E-state index contributed by atoms with van der Waals surface area (Å²) in [5, 5.41) is 23.2. The maximum Gasteiger partial charge on any atom is 0.407 e. The minimum atomic E-state index is -5.18. The minimum absolute atomic E-state index is 0.00561. The average molecular weight is 1120 g/mol. The van der Waals surface area contributed by atoms with E-state index in [1.54, 1.807) is 29.2 Å². The molecule has 26 heteroatoms. The summed E-state index contributed by atoms with van der Waals surface area (Å²) in [4.78, 5) is 62.2. The van der Waals surface area contributed by atoms with E-state index in [2.05, 4.69) is 51.9 Å². The summed E-state index contributed by atoms with van der Waals surface area (Å²) in [7, 11) is 1.67. The number of nitrogens with one attached hydrogen (secondary N) is 4. The Morgan fingerprint density at radius 3 is 1.84 bits per heavy atom. The standard InChI is InChI=1S/C53H62F8N10O8/c1-50(2,52(56,57)58)44(64-48(75)77-5)46(73)63-41(23-32-10-7-31(8-11-32)9-12-33-13-16-43(62-26-33)69-21-19-68(20-22-69)36-29-79-30-36)42(72)28-70(67-47(74)45(65-49(76)78-6)51(3,4)53(59,60)61)27-37-38(54)24-34(25-39(37)55)40-17-18-71(66-40)35-14-15-35/h7-8,10-11,13,16-18,24-26,35-36,41-42,44-45,72H,14-15,19-23,27-30H2,1-6H3,(H,63,73)(H,64,75)(H,65,76)(H,67,74). The molecule has 4 heterocycles. The molecule has 3 fully saturated rings. The van der Waals surface area contributed by atoms with Crippen LogP contribution in [0.15, 0.2) is 67.0 Å². The number of halogens is 8. The van der Waals surface area contributed by atoms with Gasteiger partial charge in [-0.15, -0.1) is 0 Å². The molecule has 18 nitrogen and oxygen atoms in total. The van der Waals surface area contributed by atoms with Crippen LogP contribution in [-0.4, -0.2) is 157 Å². The van der Waals surface area contributed by atoms with Gasteiger partial charge in [0.05, 0.1) is 68.2 Å². The number of nitrogens with zero attached hydrogens (tertiary/aromatic N) is 6. The Labute approximate surface area is 450 Å². The van der Waals surface area contributed by atoms with E-state index in [9.17, 15) is 50.6 Å². The predicted molar refractivity (Wildman–Crippen MR) is 269 cm³/mol. The van der Waals surface area contributed by atoms with Crippen LogP contribution in [0.3, 0.4) is 0 Å². The first-order valence-corrected chi connectivity index (χ1v) is 25.2. The van der Waals surface area contributed by atoms with Crippen LogP contribution in [0.1, 0.15) is 68.8 Å². The number of hydrogen-bond donors (Lipinski definition) is 5. The number of alkyl carbamates (subject to hydrolysis) is 2. The number of hydrazine groups is 1. The van der Waals surface area contributed by atoms with Crippen molar-refractivity contribution in [3.8, 4) is 23.1 Å². The Morgan fingerprint density at radius 2 is 1.33 bits per heavy atom. The lowest BCUT2D eigenvalue weighted by Gasteiger charge is -2.42. The summed E-state index contributed by atoms with van der Waals surface area (Å²) in [6.07, 6.45) is -10.7. The van der Waals surface area contributed by atoms with Crippen LogP contribution < -0.4 is 26.3 Å². The van der Waals surface area contributed by atoms with Crippen molar-refractivity contribution in [1.29, 1.82) is 0 Å². The molecule has 2 aromatic heterocycles. The van der Waals surface area contributed by atoms with E-state index in [0.717, 1.165) is 84.4 Å². The number of methoxy groups -OCH3 is 2. The second-order valence-electron chi connectivity index (χ2n) is 20.7. The van der Waals surface area contributed by atoms with Crippen LogP contribution >= 0.6 is 0 Å². The van der Waals surface area contributed by atoms with Crippen molar-refractivity contribution in [2.75, 3.05) is 65.1 Å². The summed E-state index contributed by atoms with van der Waals surface area (Å²) < 4.78 is 136. The molecule has 7 rings (SSSR count). The lowest BCUT2D eigenvalue weighted by atomic mass is 9.82. The number of carbonyl (C=O) groups excluding carboxylic acids is 4. The highest BCUT2D eigenvalue weighted by Crippen LogP contribution is 2.42. The smallest absolute Gasteiger partial charge is 0.407 e. The van der Waals surface area contributed by atoms with Gasteiger partial charge in [-0.2, -0.15) is 31.4 Å². The normalized spacial score (nSPS) is 17.1. The topological polar surface area (TPSA) is 205 Å². The number of rotatable bonds is 19. The number of aliphatic hydroxyl groups is 1. The van der Waals surface area contributed by atoms with Gasteiger partial charge >= 0.3 is 24.5 Å². The van der Waals surface area contributed by atoms with Gasteiger partial charge in [-0.3, -0.25) is 24.6 Å². The van der Waals surface area contributed by atoms with E-state index < -0.39 is 108 Å². The third-order valence-electron chi connectivity index (χ3n) is 14.4. The lowest BCUT2D eigenvalue weighted by molar-refractivity contribution is -0.221. The average Bonchev–Trinajstić information content (AvgIpc) is 4.19. The Kier molecular flexibility index (Phi) is 18.5. The molecule has 0 bridgehead atoms. The number of carbonyl (C=O) groups is 4. The molecule has 5 N–H and O–H groups in total. The molecule has 1 saturated carbocycles. The molecular formula is C53H62F8N10O8. The third-order valence-corrected chi connectivity index (χ3v) is 14.4. The highest BCUT2D eigenvalue weighted by atomic mass is 19.4. The Morgan fingerprint density at radius 1 is 0.772 bits per heavy atom. The molecule has 0 radical (unpaired) electrons. The molecule has 2 aliphatic heterocycles. The van der Waals surface area contributed by atoms with Crippen molar-refractivity contribution in [3.05, 3.63) is 101 Å². The molecule has 4 atom stereocenters. The van der Waals surface area contributed by atoms with Gasteiger partial charge in [0.2, 0.25) is 5.91 Å². The maximum atomic E-state index is 16.2. The van der Waals surface area contributed by atoms with E-state index in [1.165, 1.54) is 18.2 Å². The number of benzene rings is 2. The number of pyridine rings is 1. The minimum Gasteiger partial charge on any atom is -0.453 e. The number of aliphatic hydroxyl groups excluding tert-OH is 1. The summed E-state index contributed by atoms with van der Waals surface area (Å²) >= 11 is 0. The number of amides is 4. The van der Waals surface area contributed by atoms with Crippen LogP contribution in [0.25, 0.3) is 11.3 Å². The van der Waals surface area contributed by atoms with Gasteiger partial charge < -0.3 is 40.2 Å². The largest absolute Gasteiger partial charge is 0.453 e. The first-order chi connectivity index (χ1) is 37.2. The fraction of sp³-hybridized carbons (Fsp3) is 0.509. The molecular weight excluding hydrogens is 1060 g/mol. The number of piperazine rings is 1. The lowest BCUT2D eigenvalue weighted by Crippen LogP contribution is -2.63. The highest BCUT2D eigenvalue weighted by molar-refractivity contribution is 5.87. The molecule has 3 aliphatic rings. The molecule has 1 aliphatic carbocycles. The predicted octanol–water partition coefficient (Wildman–Crippen LogP) is 6.03. The molecule has 2 saturated heterocycles. The fourth-order valence-electron chi connectivity index (χ4n) is 8.75. The second-order valence-corrected chi connectivity index (χ2v) is 20.7. The first kappa shape index (κ1) is 59.6. The van der Waals surface area contributed by atoms with Gasteiger partial charge in [0, 0.05) is 73.9 Å². The number of hydrogen-bond acceptors (Lipinski definition) is 13. The van der Waals surface area contributed by atoms with Gasteiger partial charge in [0.1, 0.15) is 29.5 Å². The third kappa shape index (κ3) is 14.6. The van der Waals surface area contributed by atoms with Gasteiger partial charge in [-0.05, 0) is 95.0 Å². The van der Waals surface area contributed by atoms with E-state index in [0.29, 0.717) is 55.4 Å². The van der Waals surface area contributed by atoms with Crippen molar-refractivity contribution in [2.24, 2.45) is 10.8 Å². The van der Waals surface area contributed by atoms with Crippen molar-refractivity contribution in [1.82, 2.24) is 46.0 Å². The zero-order chi connectivity index (χ0) is 57.6. The first-order valence-electron chi connectivity index (χ1n) is 25.2. The summed E-state index contributed by atoms with van der Waals surface area (Å²) in [5.74, 6) is 1.31. The number of anilines is 1. The monoisotopic (exact) mass is 1120 g/mol. The molecule has 4 unspecified atom stereocenters. The quantitative estimate of drug-likeness (QED) is 0.0414. The molecule has 4 amide bonds. The van der Waals surface area contributed by atoms with Gasteiger partial charge in [0.25, 0.3) is 5.91 Å². The van der Waals surface area contributed by atoms with Crippen molar-refractivity contribution >= 4 is 29.8 Å². The number of aromatic nitrogens is 3. The second kappa shape index (κ2) is 24.5. The molecule has 0 spiro atoms. The van der Waals surface area contributed by atoms with E-state index in [1.807, 2.05) is 22.8 Å². The number of alkyl halides is 6. The SMILES string of the molecule is COC(=O)NC(C(=O)NC(Cc1ccc(C#Cc2ccc(N3CCN(C4COC4)CC3)nc2)cc1)C(O)CN(Cc1c(F)cc(-c2ccn(C3CC3)n2)cc1F)NC(=O)C(NC(=O)OC)C(C)(C)C(F)(F)F)C(C)(C)C(F)(F)F. The molecule has 428 valence electrons. The highest BCUT2D eigenvalue weighted by Gasteiger charge is 2.57. The summed E-state index contributed by atoms with van der Waals surface area (Å²) in [5.41, 5.74) is -3.10. The zero-order valence-corrected chi connectivity index (χ0v) is 44.1. The van der Waals surface area contributed by atoms with Crippen molar-refractivity contribution in [3.63, 3.8) is 0 Å². The van der Waals surface area contributed by atoms with Crippen LogP contribution in [0.5, 0.6) is 0 Å². The zero-order valence-electron chi connectivity index (χ0n) is 44.1. The molecule has 2 aromatic carbocycles.